The second-order valence-corrected chi connectivity index (χ2v) is 5.16. The van der Waals surface area contributed by atoms with E-state index in [9.17, 15) is 4.79 Å². The molecule has 110 valence electrons. The van der Waals surface area contributed by atoms with Gasteiger partial charge in [-0.1, -0.05) is 17.7 Å². The second-order valence-electron chi connectivity index (χ2n) is 5.16. The summed E-state index contributed by atoms with van der Waals surface area (Å²) in [7, 11) is 1.88. The van der Waals surface area contributed by atoms with Crippen LogP contribution in [0.5, 0.6) is 0 Å². The van der Waals surface area contributed by atoms with E-state index >= 15 is 0 Å². The van der Waals surface area contributed by atoms with Gasteiger partial charge in [0, 0.05) is 30.5 Å². The van der Waals surface area contributed by atoms with Gasteiger partial charge in [-0.3, -0.25) is 4.79 Å². The molecule has 21 heavy (non-hydrogen) atoms. The zero-order valence-electron chi connectivity index (χ0n) is 13.1. The average Bonchev–Trinajstić information content (AvgIpc) is 2.49. The predicted octanol–water partition coefficient (Wildman–Crippen LogP) is 4.01. The molecule has 1 amide bonds. The Kier molecular flexibility index (Phi) is 4.63. The molecule has 0 aliphatic heterocycles. The molecule has 0 heterocycles. The third-order valence-corrected chi connectivity index (χ3v) is 3.65. The van der Waals surface area contributed by atoms with Crippen LogP contribution in [0.2, 0.25) is 0 Å². The maximum Gasteiger partial charge on any atom is 0.258 e. The summed E-state index contributed by atoms with van der Waals surface area (Å²) in [5.74, 6) is 0.0344. The van der Waals surface area contributed by atoms with Crippen LogP contribution in [0.25, 0.3) is 0 Å². The number of nitrogens with one attached hydrogen (secondary N) is 1. The van der Waals surface area contributed by atoms with Crippen LogP contribution in [-0.2, 0) is 0 Å². The smallest absolute Gasteiger partial charge is 0.258 e. The molecule has 0 saturated heterocycles. The lowest BCUT2D eigenvalue weighted by Crippen LogP contribution is -2.30. The highest BCUT2D eigenvalue weighted by Gasteiger charge is 2.16. The number of benzene rings is 2. The van der Waals surface area contributed by atoms with Crippen LogP contribution in [0.15, 0.2) is 42.5 Å². The van der Waals surface area contributed by atoms with Crippen molar-refractivity contribution in [2.24, 2.45) is 0 Å². The molecule has 0 spiro atoms. The van der Waals surface area contributed by atoms with Gasteiger partial charge in [-0.15, -0.1) is 0 Å². The summed E-state index contributed by atoms with van der Waals surface area (Å²) in [5.41, 5.74) is 4.96. The number of aryl methyl sites for hydroxylation is 2. The molecule has 0 radical (unpaired) electrons. The monoisotopic (exact) mass is 282 g/mol. The van der Waals surface area contributed by atoms with Gasteiger partial charge in [-0.25, -0.2) is 0 Å². The summed E-state index contributed by atoms with van der Waals surface area (Å²) < 4.78 is 0. The van der Waals surface area contributed by atoms with Crippen molar-refractivity contribution in [2.75, 3.05) is 23.8 Å². The third kappa shape index (κ3) is 3.24. The molecule has 3 heteroatoms. The molecular weight excluding hydrogens is 260 g/mol. The predicted molar refractivity (Wildman–Crippen MR) is 89.3 cm³/mol. The molecule has 3 nitrogen and oxygen atoms in total. The number of carbonyl (C=O) groups excluding carboxylic acids is 1. The van der Waals surface area contributed by atoms with Crippen molar-refractivity contribution in [1.82, 2.24) is 0 Å². The topological polar surface area (TPSA) is 32.3 Å². The summed E-state index contributed by atoms with van der Waals surface area (Å²) in [4.78, 5) is 14.5. The Morgan fingerprint density at radius 1 is 1.10 bits per heavy atom. The van der Waals surface area contributed by atoms with E-state index in [1.165, 1.54) is 5.56 Å². The van der Waals surface area contributed by atoms with Crippen LogP contribution in [0.3, 0.4) is 0 Å². The standard InChI is InChI=1S/C18H22N2O/c1-5-20(16-9-6-13(2)7-10-16)18(21)15-8-11-17(19-4)14(3)12-15/h6-12,19H,5H2,1-4H3. The number of hydrogen-bond acceptors (Lipinski definition) is 2. The Morgan fingerprint density at radius 3 is 2.29 bits per heavy atom. The van der Waals surface area contributed by atoms with Crippen LogP contribution in [0, 0.1) is 13.8 Å². The minimum Gasteiger partial charge on any atom is -0.388 e. The van der Waals surface area contributed by atoms with Crippen LogP contribution in [0.4, 0.5) is 11.4 Å². The van der Waals surface area contributed by atoms with E-state index < -0.39 is 0 Å². The lowest BCUT2D eigenvalue weighted by atomic mass is 10.1. The normalized spacial score (nSPS) is 10.3. The van der Waals surface area contributed by atoms with Gasteiger partial charge in [0.2, 0.25) is 0 Å². The van der Waals surface area contributed by atoms with Gasteiger partial charge in [0.15, 0.2) is 0 Å². The second kappa shape index (κ2) is 6.44. The largest absolute Gasteiger partial charge is 0.388 e. The highest BCUT2D eigenvalue weighted by molar-refractivity contribution is 6.06. The highest BCUT2D eigenvalue weighted by atomic mass is 16.2. The van der Waals surface area contributed by atoms with Crippen molar-refractivity contribution >= 4 is 17.3 Å². The molecule has 2 aromatic carbocycles. The number of carbonyl (C=O) groups is 1. The van der Waals surface area contributed by atoms with Gasteiger partial charge >= 0.3 is 0 Å². The summed E-state index contributed by atoms with van der Waals surface area (Å²) in [5, 5.41) is 3.12. The highest BCUT2D eigenvalue weighted by Crippen LogP contribution is 2.21. The van der Waals surface area contributed by atoms with Crippen molar-refractivity contribution < 1.29 is 4.79 Å². The average molecular weight is 282 g/mol. The molecule has 0 atom stereocenters. The van der Waals surface area contributed by atoms with Gasteiger partial charge in [-0.05, 0) is 56.7 Å². The first-order chi connectivity index (χ1) is 10.1. The van der Waals surface area contributed by atoms with Gasteiger partial charge in [0.1, 0.15) is 0 Å². The van der Waals surface area contributed by atoms with E-state index in [-0.39, 0.29) is 5.91 Å². The molecule has 0 bridgehead atoms. The number of anilines is 2. The number of rotatable bonds is 4. The van der Waals surface area contributed by atoms with Crippen molar-refractivity contribution in [3.8, 4) is 0 Å². The van der Waals surface area contributed by atoms with E-state index in [0.717, 1.165) is 16.9 Å². The quantitative estimate of drug-likeness (QED) is 0.919. The molecule has 0 aliphatic carbocycles. The van der Waals surface area contributed by atoms with Crippen molar-refractivity contribution in [1.29, 1.82) is 0 Å². The third-order valence-electron chi connectivity index (χ3n) is 3.65. The van der Waals surface area contributed by atoms with E-state index in [4.69, 9.17) is 0 Å². The lowest BCUT2D eigenvalue weighted by Gasteiger charge is -2.22. The van der Waals surface area contributed by atoms with E-state index in [0.29, 0.717) is 12.1 Å². The number of hydrogen-bond donors (Lipinski definition) is 1. The van der Waals surface area contributed by atoms with Crippen LogP contribution < -0.4 is 10.2 Å². The molecule has 2 aromatic rings. The maximum absolute atomic E-state index is 12.7. The minimum atomic E-state index is 0.0344. The fourth-order valence-corrected chi connectivity index (χ4v) is 2.40. The van der Waals surface area contributed by atoms with E-state index in [1.807, 2.05) is 70.3 Å². The van der Waals surface area contributed by atoms with E-state index in [2.05, 4.69) is 5.32 Å². The Bertz CT molecular complexity index is 632. The fourth-order valence-electron chi connectivity index (χ4n) is 2.40. The SMILES string of the molecule is CCN(C(=O)c1ccc(NC)c(C)c1)c1ccc(C)cc1. The van der Waals surface area contributed by atoms with Gasteiger partial charge < -0.3 is 10.2 Å². The maximum atomic E-state index is 12.7. The number of amides is 1. The van der Waals surface area contributed by atoms with Crippen LogP contribution in [0.1, 0.15) is 28.4 Å². The summed E-state index contributed by atoms with van der Waals surface area (Å²) >= 11 is 0. The fraction of sp³-hybridized carbons (Fsp3) is 0.278. The number of nitrogens with zero attached hydrogens (tertiary/aromatic N) is 1. The summed E-state index contributed by atoms with van der Waals surface area (Å²) in [6.07, 6.45) is 0. The molecular formula is C18H22N2O. The van der Waals surface area contributed by atoms with Crippen molar-refractivity contribution in [3.63, 3.8) is 0 Å². The zero-order chi connectivity index (χ0) is 15.4. The Morgan fingerprint density at radius 2 is 1.76 bits per heavy atom. The first kappa shape index (κ1) is 15.1. The summed E-state index contributed by atoms with van der Waals surface area (Å²) in [6, 6.07) is 13.8. The van der Waals surface area contributed by atoms with E-state index in [1.54, 1.807) is 4.90 Å². The van der Waals surface area contributed by atoms with Crippen LogP contribution in [-0.4, -0.2) is 19.5 Å². The molecule has 0 aromatic heterocycles. The first-order valence-corrected chi connectivity index (χ1v) is 7.23. The van der Waals surface area contributed by atoms with Crippen molar-refractivity contribution in [3.05, 3.63) is 59.2 Å². The van der Waals surface area contributed by atoms with Gasteiger partial charge in [-0.2, -0.15) is 0 Å². The molecule has 0 saturated carbocycles. The Balaban J connectivity index is 2.32. The van der Waals surface area contributed by atoms with Gasteiger partial charge in [0.05, 0.1) is 0 Å². The molecule has 0 aliphatic rings. The van der Waals surface area contributed by atoms with Crippen molar-refractivity contribution in [2.45, 2.75) is 20.8 Å². The Labute approximate surface area is 126 Å². The molecule has 2 rings (SSSR count). The Hall–Kier alpha value is -2.29. The molecule has 0 unspecified atom stereocenters. The molecule has 0 fully saturated rings. The zero-order valence-corrected chi connectivity index (χ0v) is 13.1. The van der Waals surface area contributed by atoms with Gasteiger partial charge in [0.25, 0.3) is 5.91 Å². The summed E-state index contributed by atoms with van der Waals surface area (Å²) in [6.45, 7) is 6.69. The minimum absolute atomic E-state index is 0.0344. The molecule has 1 N–H and O–H groups in total. The van der Waals surface area contributed by atoms with Crippen LogP contribution >= 0.6 is 0 Å². The lowest BCUT2D eigenvalue weighted by molar-refractivity contribution is 0.0988. The first-order valence-electron chi connectivity index (χ1n) is 7.23.